The van der Waals surface area contributed by atoms with Crippen LogP contribution in [0.2, 0.25) is 0 Å². The number of sulfonamides is 1. The zero-order valence-electron chi connectivity index (χ0n) is 9.75. The molecule has 106 valence electrons. The number of carboxylic acid groups (broad SMARTS) is 1. The first-order valence-corrected chi connectivity index (χ1v) is 9.94. The van der Waals surface area contributed by atoms with Crippen molar-refractivity contribution in [2.24, 2.45) is 0 Å². The third-order valence-corrected chi connectivity index (χ3v) is 6.34. The molecule has 1 rings (SSSR count). The van der Waals surface area contributed by atoms with Gasteiger partial charge in [-0.3, -0.25) is 4.79 Å². The Bertz CT molecular complexity index is 517. The second kappa shape index (κ2) is 5.35. The average molecular weight is 317 g/mol. The molecule has 0 saturated carbocycles. The lowest BCUT2D eigenvalue weighted by Crippen LogP contribution is -2.55. The number of carboxylic acids is 1. The summed E-state index contributed by atoms with van der Waals surface area (Å²) < 4.78 is 47.3. The molecule has 1 fully saturated rings. The van der Waals surface area contributed by atoms with Crippen LogP contribution in [0.15, 0.2) is 0 Å². The molecule has 7 nitrogen and oxygen atoms in total. The largest absolute Gasteiger partial charge is 0.480 e. The maximum atomic E-state index is 11.7. The number of hydrogen-bond acceptors (Lipinski definition) is 6. The molecule has 10 heteroatoms. The fourth-order valence-electron chi connectivity index (χ4n) is 1.47. The molecule has 0 bridgehead atoms. The molecular formula is C8H15NO6S3. The molecule has 1 heterocycles. The van der Waals surface area contributed by atoms with Gasteiger partial charge in [-0.15, -0.1) is 0 Å². The molecule has 1 atom stereocenters. The number of aliphatic carboxylic acids is 1. The van der Waals surface area contributed by atoms with Crippen molar-refractivity contribution in [3.05, 3.63) is 0 Å². The van der Waals surface area contributed by atoms with Crippen LogP contribution in [-0.4, -0.2) is 62.7 Å². The second-order valence-corrected chi connectivity index (χ2v) is 9.45. The van der Waals surface area contributed by atoms with E-state index in [0.717, 1.165) is 6.26 Å². The van der Waals surface area contributed by atoms with Gasteiger partial charge in [-0.1, -0.05) is 0 Å². The second-order valence-electron chi connectivity index (χ2n) is 4.24. The third-order valence-electron chi connectivity index (χ3n) is 2.50. The van der Waals surface area contributed by atoms with E-state index in [1.165, 1.54) is 11.8 Å². The Kier molecular flexibility index (Phi) is 4.68. The molecule has 1 aliphatic rings. The van der Waals surface area contributed by atoms with Crippen LogP contribution >= 0.6 is 11.8 Å². The van der Waals surface area contributed by atoms with Crippen molar-refractivity contribution in [1.29, 1.82) is 0 Å². The van der Waals surface area contributed by atoms with E-state index in [9.17, 15) is 21.6 Å². The fourth-order valence-corrected chi connectivity index (χ4v) is 5.93. The molecule has 2 N–H and O–H groups in total. The Hall–Kier alpha value is -0.320. The van der Waals surface area contributed by atoms with E-state index in [1.807, 2.05) is 0 Å². The predicted octanol–water partition coefficient (Wildman–Crippen LogP) is -1.09. The van der Waals surface area contributed by atoms with Gasteiger partial charge in [-0.25, -0.2) is 16.8 Å². The van der Waals surface area contributed by atoms with Crippen molar-refractivity contribution in [2.45, 2.75) is 12.0 Å². The highest BCUT2D eigenvalue weighted by Gasteiger charge is 2.44. The van der Waals surface area contributed by atoms with E-state index in [-0.39, 0.29) is 12.2 Å². The standard InChI is InChI=1S/C8H15NO6S3/c1-17(12,13)4-5-18(14,15)9-8(7(10)11)2-3-16-6-8/h9H,2-6H2,1H3,(H,10,11). The predicted molar refractivity (Wildman–Crippen MR) is 68.9 cm³/mol. The lowest BCUT2D eigenvalue weighted by Gasteiger charge is -2.24. The summed E-state index contributed by atoms with van der Waals surface area (Å²) in [6.45, 7) is 0. The zero-order chi connectivity index (χ0) is 14.0. The molecule has 18 heavy (non-hydrogen) atoms. The SMILES string of the molecule is CS(=O)(=O)CCS(=O)(=O)NC1(C(=O)O)CCSC1. The van der Waals surface area contributed by atoms with Crippen LogP contribution in [0.3, 0.4) is 0 Å². The smallest absolute Gasteiger partial charge is 0.325 e. The lowest BCUT2D eigenvalue weighted by atomic mass is 10.0. The van der Waals surface area contributed by atoms with Crippen LogP contribution in [0, 0.1) is 0 Å². The summed E-state index contributed by atoms with van der Waals surface area (Å²) in [5.41, 5.74) is -1.50. The van der Waals surface area contributed by atoms with Crippen molar-refractivity contribution >= 4 is 37.6 Å². The van der Waals surface area contributed by atoms with Crippen molar-refractivity contribution in [3.8, 4) is 0 Å². The molecule has 0 aromatic heterocycles. The summed E-state index contributed by atoms with van der Waals surface area (Å²) in [7, 11) is -7.33. The number of rotatable bonds is 6. The summed E-state index contributed by atoms with van der Waals surface area (Å²) in [6.07, 6.45) is 1.13. The molecule has 0 aromatic rings. The highest BCUT2D eigenvalue weighted by Crippen LogP contribution is 2.29. The van der Waals surface area contributed by atoms with Crippen LogP contribution < -0.4 is 4.72 Å². The van der Waals surface area contributed by atoms with Crippen molar-refractivity contribution < 1.29 is 26.7 Å². The maximum absolute atomic E-state index is 11.7. The number of carbonyl (C=O) groups is 1. The van der Waals surface area contributed by atoms with Crippen molar-refractivity contribution in [2.75, 3.05) is 29.3 Å². The molecule has 1 saturated heterocycles. The molecule has 0 aliphatic carbocycles. The normalized spacial score (nSPS) is 25.2. The first-order chi connectivity index (χ1) is 8.06. The topological polar surface area (TPSA) is 118 Å². The highest BCUT2D eigenvalue weighted by molar-refractivity contribution is 7.99. The van der Waals surface area contributed by atoms with Crippen LogP contribution in [-0.2, 0) is 24.7 Å². The molecule has 0 amide bonds. The van der Waals surface area contributed by atoms with Crippen molar-refractivity contribution in [3.63, 3.8) is 0 Å². The van der Waals surface area contributed by atoms with E-state index in [4.69, 9.17) is 5.11 Å². The van der Waals surface area contributed by atoms with E-state index in [0.29, 0.717) is 5.75 Å². The van der Waals surface area contributed by atoms with Gasteiger partial charge in [0.15, 0.2) is 0 Å². The molecule has 0 radical (unpaired) electrons. The molecule has 1 unspecified atom stereocenters. The summed E-state index contributed by atoms with van der Waals surface area (Å²) in [5, 5.41) is 9.10. The van der Waals surface area contributed by atoms with Crippen LogP contribution in [0.4, 0.5) is 0 Å². The number of sulfone groups is 1. The molecular weight excluding hydrogens is 302 g/mol. The van der Waals surface area contributed by atoms with Crippen molar-refractivity contribution in [1.82, 2.24) is 4.72 Å². The Labute approximate surface area is 110 Å². The molecule has 0 aromatic carbocycles. The fraction of sp³-hybridized carbons (Fsp3) is 0.875. The summed E-state index contributed by atoms with van der Waals surface area (Å²) in [4.78, 5) is 11.1. The van der Waals surface area contributed by atoms with Gasteiger partial charge < -0.3 is 5.11 Å². The first kappa shape index (κ1) is 15.7. The Morgan fingerprint density at radius 3 is 2.33 bits per heavy atom. The number of thioether (sulfide) groups is 1. The summed E-state index contributed by atoms with van der Waals surface area (Å²) in [5.74, 6) is -1.66. The number of hydrogen-bond donors (Lipinski definition) is 2. The molecule has 1 aliphatic heterocycles. The van der Waals surface area contributed by atoms with Gasteiger partial charge in [0.25, 0.3) is 0 Å². The minimum Gasteiger partial charge on any atom is -0.480 e. The minimum absolute atomic E-state index is 0.153. The lowest BCUT2D eigenvalue weighted by molar-refractivity contribution is -0.142. The Morgan fingerprint density at radius 1 is 1.33 bits per heavy atom. The van der Waals surface area contributed by atoms with Gasteiger partial charge in [0.2, 0.25) is 10.0 Å². The van der Waals surface area contributed by atoms with Crippen LogP contribution in [0.1, 0.15) is 6.42 Å². The average Bonchev–Trinajstić information content (AvgIpc) is 2.63. The van der Waals surface area contributed by atoms with E-state index in [1.54, 1.807) is 0 Å². The van der Waals surface area contributed by atoms with Crippen LogP contribution in [0.5, 0.6) is 0 Å². The zero-order valence-corrected chi connectivity index (χ0v) is 12.2. The van der Waals surface area contributed by atoms with E-state index >= 15 is 0 Å². The minimum atomic E-state index is -3.92. The summed E-state index contributed by atoms with van der Waals surface area (Å²) in [6, 6.07) is 0. The van der Waals surface area contributed by atoms with Gasteiger partial charge in [-0.05, 0) is 12.2 Å². The van der Waals surface area contributed by atoms with Gasteiger partial charge in [0, 0.05) is 12.0 Å². The monoisotopic (exact) mass is 317 g/mol. The van der Waals surface area contributed by atoms with Gasteiger partial charge in [-0.2, -0.15) is 16.5 Å². The van der Waals surface area contributed by atoms with Gasteiger partial charge >= 0.3 is 5.97 Å². The quantitative estimate of drug-likeness (QED) is 0.639. The maximum Gasteiger partial charge on any atom is 0.325 e. The van der Waals surface area contributed by atoms with E-state index in [2.05, 4.69) is 4.72 Å². The summed E-state index contributed by atoms with van der Waals surface area (Å²) >= 11 is 1.35. The first-order valence-electron chi connectivity index (χ1n) is 5.07. The third kappa shape index (κ3) is 4.41. The Balaban J connectivity index is 2.78. The highest BCUT2D eigenvalue weighted by atomic mass is 32.2. The van der Waals surface area contributed by atoms with Crippen LogP contribution in [0.25, 0.3) is 0 Å². The van der Waals surface area contributed by atoms with E-state index < -0.39 is 42.9 Å². The van der Waals surface area contributed by atoms with Gasteiger partial charge in [0.05, 0.1) is 11.5 Å². The molecule has 0 spiro atoms. The number of nitrogens with one attached hydrogen (secondary N) is 1. The van der Waals surface area contributed by atoms with Gasteiger partial charge in [0.1, 0.15) is 15.4 Å². The Morgan fingerprint density at radius 2 is 1.94 bits per heavy atom.